The highest BCUT2D eigenvalue weighted by Gasteiger charge is 2.53. The molecule has 0 radical (unpaired) electrons. The Balaban J connectivity index is 0.00000147. The average Bonchev–Trinajstić information content (AvgIpc) is 2.72. The Morgan fingerprint density at radius 1 is 1.30 bits per heavy atom. The summed E-state index contributed by atoms with van der Waals surface area (Å²) < 4.78 is 5.48. The molecule has 5 nitrogen and oxygen atoms in total. The maximum absolute atomic E-state index is 12.1. The quantitative estimate of drug-likeness (QED) is 0.656. The van der Waals surface area contributed by atoms with Gasteiger partial charge in [-0.3, -0.25) is 9.59 Å². The van der Waals surface area contributed by atoms with Crippen molar-refractivity contribution in [3.8, 4) is 0 Å². The van der Waals surface area contributed by atoms with Crippen LogP contribution in [-0.2, 0) is 14.3 Å². The van der Waals surface area contributed by atoms with Crippen molar-refractivity contribution in [1.29, 1.82) is 0 Å². The molecule has 110 valence electrons. The SMILES string of the molecule is CC1=CC(=O)C2=C(C)C[C@H](O)C3[C@H](OC(=O)[C@H]3C)C12.O. The van der Waals surface area contributed by atoms with Gasteiger partial charge in [0.15, 0.2) is 5.78 Å². The van der Waals surface area contributed by atoms with Crippen LogP contribution in [0.5, 0.6) is 0 Å². The van der Waals surface area contributed by atoms with E-state index in [1.54, 1.807) is 13.0 Å². The van der Waals surface area contributed by atoms with Gasteiger partial charge in [-0.1, -0.05) is 18.1 Å². The van der Waals surface area contributed by atoms with E-state index in [1.807, 2.05) is 13.8 Å². The largest absolute Gasteiger partial charge is 0.461 e. The number of hydrogen-bond donors (Lipinski definition) is 1. The minimum Gasteiger partial charge on any atom is -0.461 e. The minimum absolute atomic E-state index is 0. The Kier molecular flexibility index (Phi) is 3.60. The van der Waals surface area contributed by atoms with E-state index < -0.39 is 12.2 Å². The first-order valence-corrected chi connectivity index (χ1v) is 6.72. The summed E-state index contributed by atoms with van der Waals surface area (Å²) in [5.41, 5.74) is 2.59. The summed E-state index contributed by atoms with van der Waals surface area (Å²) in [4.78, 5) is 23.9. The molecule has 0 spiro atoms. The molecule has 0 saturated carbocycles. The first-order valence-electron chi connectivity index (χ1n) is 6.72. The Morgan fingerprint density at radius 3 is 2.60 bits per heavy atom. The van der Waals surface area contributed by atoms with Crippen molar-refractivity contribution in [3.63, 3.8) is 0 Å². The van der Waals surface area contributed by atoms with Crippen molar-refractivity contribution in [2.45, 2.75) is 39.4 Å². The highest BCUT2D eigenvalue weighted by molar-refractivity contribution is 6.09. The molecule has 1 saturated heterocycles. The molecule has 3 rings (SSSR count). The summed E-state index contributed by atoms with van der Waals surface area (Å²) in [6.45, 7) is 5.59. The summed E-state index contributed by atoms with van der Waals surface area (Å²) in [7, 11) is 0. The van der Waals surface area contributed by atoms with E-state index in [9.17, 15) is 14.7 Å². The molecule has 2 unspecified atom stereocenters. The molecule has 0 amide bonds. The first kappa shape index (κ1) is 14.9. The Labute approximate surface area is 117 Å². The maximum Gasteiger partial charge on any atom is 0.309 e. The lowest BCUT2D eigenvalue weighted by molar-refractivity contribution is -0.144. The lowest BCUT2D eigenvalue weighted by atomic mass is 9.80. The van der Waals surface area contributed by atoms with Gasteiger partial charge in [-0.15, -0.1) is 0 Å². The normalized spacial score (nSPS) is 39.6. The molecule has 20 heavy (non-hydrogen) atoms. The number of rotatable bonds is 0. The molecule has 3 aliphatic rings. The number of hydrogen-bond acceptors (Lipinski definition) is 4. The van der Waals surface area contributed by atoms with Gasteiger partial charge < -0.3 is 15.3 Å². The number of ketones is 1. The predicted molar refractivity (Wildman–Crippen MR) is 71.7 cm³/mol. The van der Waals surface area contributed by atoms with Crippen LogP contribution in [-0.4, -0.2) is 34.5 Å². The van der Waals surface area contributed by atoms with Crippen molar-refractivity contribution in [2.75, 3.05) is 0 Å². The number of aliphatic hydroxyl groups is 1. The number of carbonyl (C=O) groups is 2. The standard InChI is InChI=1S/C15H18O4.H2O/c1-6-4-10(17)13-8(3)15(18)19-14(13)12-7(2)5-9(16)11(6)12;/h5,8,10,12-14,17H,4H2,1-3H3;1H2/t8-,10-,12?,13?,14+;/m0./s1. The Hall–Kier alpha value is -1.46. The van der Waals surface area contributed by atoms with Crippen LogP contribution in [0, 0.1) is 17.8 Å². The second-order valence-electron chi connectivity index (χ2n) is 5.96. The van der Waals surface area contributed by atoms with Gasteiger partial charge in [0, 0.05) is 17.4 Å². The van der Waals surface area contributed by atoms with Crippen LogP contribution in [0.4, 0.5) is 0 Å². The molecule has 0 bridgehead atoms. The minimum atomic E-state index is -0.620. The van der Waals surface area contributed by atoms with Gasteiger partial charge in [0.05, 0.1) is 12.0 Å². The third-order valence-electron chi connectivity index (χ3n) is 4.75. The number of esters is 1. The number of aliphatic hydroxyl groups excluding tert-OH is 1. The van der Waals surface area contributed by atoms with Crippen molar-refractivity contribution < 1.29 is 24.9 Å². The van der Waals surface area contributed by atoms with Crippen LogP contribution in [0.1, 0.15) is 27.2 Å². The molecule has 5 atom stereocenters. The summed E-state index contributed by atoms with van der Waals surface area (Å²) in [6.07, 6.45) is 1.06. The average molecular weight is 280 g/mol. The summed E-state index contributed by atoms with van der Waals surface area (Å²) in [6, 6.07) is 0. The highest BCUT2D eigenvalue weighted by Crippen LogP contribution is 2.47. The maximum atomic E-state index is 12.1. The van der Waals surface area contributed by atoms with Gasteiger partial charge in [-0.05, 0) is 26.3 Å². The molecule has 1 fully saturated rings. The van der Waals surface area contributed by atoms with Crippen LogP contribution in [0.25, 0.3) is 0 Å². The molecule has 3 N–H and O–H groups in total. The second-order valence-corrected chi connectivity index (χ2v) is 5.96. The van der Waals surface area contributed by atoms with E-state index in [0.717, 1.165) is 16.7 Å². The molecule has 0 aromatic carbocycles. The number of allylic oxidation sites excluding steroid dienone is 1. The smallest absolute Gasteiger partial charge is 0.309 e. The molecule has 1 heterocycles. The fourth-order valence-electron chi connectivity index (χ4n) is 3.82. The van der Waals surface area contributed by atoms with Crippen molar-refractivity contribution in [1.82, 2.24) is 0 Å². The van der Waals surface area contributed by atoms with Gasteiger partial charge in [0.25, 0.3) is 0 Å². The fraction of sp³-hybridized carbons (Fsp3) is 0.600. The van der Waals surface area contributed by atoms with E-state index in [4.69, 9.17) is 4.74 Å². The lowest BCUT2D eigenvalue weighted by Gasteiger charge is -2.26. The topological polar surface area (TPSA) is 95.1 Å². The molecule has 1 aliphatic heterocycles. The monoisotopic (exact) mass is 280 g/mol. The molecule has 0 aromatic rings. The third-order valence-corrected chi connectivity index (χ3v) is 4.75. The molecule has 2 aliphatic carbocycles. The lowest BCUT2D eigenvalue weighted by Crippen LogP contribution is -2.35. The molecular weight excluding hydrogens is 260 g/mol. The zero-order valence-electron chi connectivity index (χ0n) is 11.8. The summed E-state index contributed by atoms with van der Waals surface area (Å²) in [5, 5.41) is 10.3. The predicted octanol–water partition coefficient (Wildman–Crippen LogP) is 0.566. The van der Waals surface area contributed by atoms with Crippen molar-refractivity contribution in [3.05, 3.63) is 22.8 Å². The molecule has 5 heteroatoms. The van der Waals surface area contributed by atoms with Gasteiger partial charge in [0.1, 0.15) is 6.10 Å². The zero-order chi connectivity index (χ0) is 13.9. The van der Waals surface area contributed by atoms with Crippen LogP contribution < -0.4 is 0 Å². The van der Waals surface area contributed by atoms with E-state index in [-0.39, 0.29) is 35.0 Å². The number of carbonyl (C=O) groups excluding carboxylic acids is 2. The van der Waals surface area contributed by atoms with Crippen LogP contribution >= 0.6 is 0 Å². The van der Waals surface area contributed by atoms with Gasteiger partial charge >= 0.3 is 5.97 Å². The van der Waals surface area contributed by atoms with Crippen LogP contribution in [0.2, 0.25) is 0 Å². The van der Waals surface area contributed by atoms with Crippen LogP contribution in [0.15, 0.2) is 22.8 Å². The van der Waals surface area contributed by atoms with E-state index >= 15 is 0 Å². The van der Waals surface area contributed by atoms with Gasteiger partial charge in [-0.2, -0.15) is 0 Å². The van der Waals surface area contributed by atoms with Crippen molar-refractivity contribution in [2.24, 2.45) is 17.8 Å². The molecular formula is C15H20O5. The van der Waals surface area contributed by atoms with E-state index in [1.165, 1.54) is 0 Å². The fourth-order valence-corrected chi connectivity index (χ4v) is 3.82. The summed E-state index contributed by atoms with van der Waals surface area (Å²) in [5.74, 6) is -0.957. The third kappa shape index (κ3) is 1.84. The van der Waals surface area contributed by atoms with E-state index in [0.29, 0.717) is 6.42 Å². The summed E-state index contributed by atoms with van der Waals surface area (Å²) >= 11 is 0. The van der Waals surface area contributed by atoms with E-state index in [2.05, 4.69) is 0 Å². The van der Waals surface area contributed by atoms with Crippen LogP contribution in [0.3, 0.4) is 0 Å². The van der Waals surface area contributed by atoms with Gasteiger partial charge in [-0.25, -0.2) is 0 Å². The number of fused-ring (bicyclic) bond motifs is 3. The first-order chi connectivity index (χ1) is 8.91. The molecule has 0 aromatic heterocycles. The number of ether oxygens (including phenoxy) is 1. The van der Waals surface area contributed by atoms with Crippen molar-refractivity contribution >= 4 is 11.8 Å². The Bertz CT molecular complexity index is 530. The van der Waals surface area contributed by atoms with Gasteiger partial charge in [0.2, 0.25) is 0 Å². The Morgan fingerprint density at radius 2 is 1.95 bits per heavy atom. The second kappa shape index (κ2) is 4.82. The highest BCUT2D eigenvalue weighted by atomic mass is 16.6. The zero-order valence-corrected chi connectivity index (χ0v) is 11.8.